The maximum atomic E-state index is 13.1. The van der Waals surface area contributed by atoms with Gasteiger partial charge in [-0.15, -0.1) is 11.3 Å². The van der Waals surface area contributed by atoms with E-state index in [0.29, 0.717) is 21.3 Å². The average Bonchev–Trinajstić information content (AvgIpc) is 3.37. The molecule has 168 valence electrons. The van der Waals surface area contributed by atoms with Crippen LogP contribution in [0.5, 0.6) is 5.75 Å². The lowest BCUT2D eigenvalue weighted by molar-refractivity contribution is -0.140. The number of nitrogens with zero attached hydrogens (tertiary/aromatic N) is 1. The molecule has 0 radical (unpaired) electrons. The van der Waals surface area contributed by atoms with Gasteiger partial charge in [-0.05, 0) is 53.8 Å². The summed E-state index contributed by atoms with van der Waals surface area (Å²) >= 11 is 6.77. The summed E-state index contributed by atoms with van der Waals surface area (Å²) in [4.78, 5) is 27.6. The van der Waals surface area contributed by atoms with Gasteiger partial charge in [0.05, 0.1) is 11.6 Å². The van der Waals surface area contributed by atoms with Gasteiger partial charge in [-0.2, -0.15) is 0 Å². The highest BCUT2D eigenvalue weighted by atomic mass is 32.1. The number of esters is 2. The maximum Gasteiger partial charge on any atom is 0.353 e. The molecule has 8 heteroatoms. The Morgan fingerprint density at radius 3 is 2.42 bits per heavy atom. The lowest BCUT2D eigenvalue weighted by atomic mass is 9.95. The van der Waals surface area contributed by atoms with Crippen LogP contribution in [0, 0.1) is 0 Å². The predicted molar refractivity (Wildman–Crippen MR) is 131 cm³/mol. The first kappa shape index (κ1) is 22.7. The highest BCUT2D eigenvalue weighted by Gasteiger charge is 2.33. The fourth-order valence-electron chi connectivity index (χ4n) is 3.43. The molecule has 0 saturated carbocycles. The zero-order valence-corrected chi connectivity index (χ0v) is 19.7. The molecule has 1 aromatic heterocycles. The van der Waals surface area contributed by atoms with Gasteiger partial charge in [0.2, 0.25) is 0 Å². The van der Waals surface area contributed by atoms with Gasteiger partial charge in [0, 0.05) is 12.7 Å². The summed E-state index contributed by atoms with van der Waals surface area (Å²) in [6.45, 7) is 2.02. The summed E-state index contributed by atoms with van der Waals surface area (Å²) in [5, 5.41) is 5.54. The molecule has 6 nitrogen and oxygen atoms in total. The molecule has 1 aliphatic rings. The molecule has 0 fully saturated rings. The van der Waals surface area contributed by atoms with E-state index in [1.54, 1.807) is 48.3 Å². The van der Waals surface area contributed by atoms with Crippen LogP contribution in [-0.2, 0) is 16.1 Å². The van der Waals surface area contributed by atoms with E-state index < -0.39 is 18.0 Å². The molecule has 0 amide bonds. The van der Waals surface area contributed by atoms with Crippen molar-refractivity contribution in [2.24, 2.45) is 0 Å². The molecule has 0 spiro atoms. The van der Waals surface area contributed by atoms with Crippen LogP contribution in [0.1, 0.15) is 33.8 Å². The van der Waals surface area contributed by atoms with E-state index in [1.165, 1.54) is 11.3 Å². The Hall–Kier alpha value is -3.49. The number of hydrogen-bond donors (Lipinski definition) is 1. The molecule has 0 bridgehead atoms. The van der Waals surface area contributed by atoms with Gasteiger partial charge in [0.15, 0.2) is 5.11 Å². The van der Waals surface area contributed by atoms with Crippen LogP contribution in [0.3, 0.4) is 0 Å². The summed E-state index contributed by atoms with van der Waals surface area (Å²) in [5.74, 6) is -0.407. The topological polar surface area (TPSA) is 67.9 Å². The van der Waals surface area contributed by atoms with Gasteiger partial charge in [-0.3, -0.25) is 0 Å². The standard InChI is InChI=1S/C25H22N2O4S2/c1-16-21(24(29)30-15-17-7-4-3-5-8-17)22(26-25(32)27(16)2)18-10-12-19(13-11-18)31-23(28)20-9-6-14-33-20/h3-14,22H,15H2,1-2H3,(H,26,32)/t22-/m1/s1. The van der Waals surface area contributed by atoms with Crippen LogP contribution < -0.4 is 10.1 Å². The molecular formula is C25H22N2O4S2. The van der Waals surface area contributed by atoms with Crippen molar-refractivity contribution in [1.29, 1.82) is 0 Å². The molecule has 33 heavy (non-hydrogen) atoms. The van der Waals surface area contributed by atoms with Gasteiger partial charge in [0.1, 0.15) is 17.2 Å². The molecule has 2 heterocycles. The Morgan fingerprint density at radius 2 is 1.76 bits per heavy atom. The number of benzene rings is 2. The molecule has 0 unspecified atom stereocenters. The average molecular weight is 479 g/mol. The summed E-state index contributed by atoms with van der Waals surface area (Å²) in [6.07, 6.45) is 0. The fraction of sp³-hybridized carbons (Fsp3) is 0.160. The lowest BCUT2D eigenvalue weighted by Crippen LogP contribution is -2.46. The van der Waals surface area contributed by atoms with E-state index >= 15 is 0 Å². The number of carbonyl (C=O) groups excluding carboxylic acids is 2. The number of hydrogen-bond acceptors (Lipinski definition) is 6. The van der Waals surface area contributed by atoms with Gasteiger partial charge >= 0.3 is 11.9 Å². The van der Waals surface area contributed by atoms with Crippen molar-refractivity contribution < 1.29 is 19.1 Å². The first-order valence-corrected chi connectivity index (χ1v) is 11.5. The number of carbonyl (C=O) groups is 2. The Balaban J connectivity index is 1.54. The van der Waals surface area contributed by atoms with Gasteiger partial charge in [-0.25, -0.2) is 9.59 Å². The van der Waals surface area contributed by atoms with Gasteiger partial charge < -0.3 is 19.7 Å². The molecule has 1 N–H and O–H groups in total. The van der Waals surface area contributed by atoms with Crippen LogP contribution in [0.4, 0.5) is 0 Å². The third kappa shape index (κ3) is 5.13. The van der Waals surface area contributed by atoms with E-state index in [9.17, 15) is 9.59 Å². The number of rotatable bonds is 6. The zero-order valence-electron chi connectivity index (χ0n) is 18.1. The number of thiocarbonyl (C=S) groups is 1. The summed E-state index contributed by atoms with van der Waals surface area (Å²) < 4.78 is 11.1. The molecular weight excluding hydrogens is 456 g/mol. The van der Waals surface area contributed by atoms with Crippen LogP contribution >= 0.6 is 23.6 Å². The summed E-state index contributed by atoms with van der Waals surface area (Å²) in [7, 11) is 1.80. The SMILES string of the molecule is CC1=C(C(=O)OCc2ccccc2)[C@@H](c2ccc(OC(=O)c3cccs3)cc2)NC(=S)N1C. The first-order chi connectivity index (χ1) is 15.9. The monoisotopic (exact) mass is 478 g/mol. The van der Waals surface area contributed by atoms with Crippen LogP contribution in [0.2, 0.25) is 0 Å². The normalized spacial score (nSPS) is 15.8. The van der Waals surface area contributed by atoms with Gasteiger partial charge in [-0.1, -0.05) is 48.5 Å². The molecule has 4 rings (SSSR count). The number of ether oxygens (including phenoxy) is 2. The molecule has 2 aromatic carbocycles. The van der Waals surface area contributed by atoms with E-state index in [0.717, 1.165) is 16.8 Å². The van der Waals surface area contributed by atoms with Crippen molar-refractivity contribution in [3.8, 4) is 5.75 Å². The summed E-state index contributed by atoms with van der Waals surface area (Å²) in [5.41, 5.74) is 2.90. The molecule has 1 atom stereocenters. The van der Waals surface area contributed by atoms with Crippen molar-refractivity contribution in [3.63, 3.8) is 0 Å². The smallest absolute Gasteiger partial charge is 0.353 e. The zero-order chi connectivity index (χ0) is 23.4. The van der Waals surface area contributed by atoms with Crippen molar-refractivity contribution in [2.45, 2.75) is 19.6 Å². The minimum atomic E-state index is -0.487. The maximum absolute atomic E-state index is 13.1. The molecule has 0 saturated heterocycles. The second kappa shape index (κ2) is 9.97. The Labute approximate surface area is 201 Å². The van der Waals surface area contributed by atoms with Gasteiger partial charge in [0.25, 0.3) is 0 Å². The molecule has 1 aliphatic heterocycles. The van der Waals surface area contributed by atoms with Crippen molar-refractivity contribution >= 4 is 40.6 Å². The van der Waals surface area contributed by atoms with Crippen molar-refractivity contribution in [2.75, 3.05) is 7.05 Å². The number of allylic oxidation sites excluding steroid dienone is 1. The van der Waals surface area contributed by atoms with E-state index in [4.69, 9.17) is 21.7 Å². The van der Waals surface area contributed by atoms with E-state index in [2.05, 4.69) is 5.32 Å². The van der Waals surface area contributed by atoms with E-state index in [-0.39, 0.29) is 6.61 Å². The lowest BCUT2D eigenvalue weighted by Gasteiger charge is -2.35. The minimum absolute atomic E-state index is 0.176. The Kier molecular flexibility index (Phi) is 6.86. The van der Waals surface area contributed by atoms with E-state index in [1.807, 2.05) is 42.6 Å². The Bertz CT molecular complexity index is 1190. The first-order valence-electron chi connectivity index (χ1n) is 10.3. The largest absolute Gasteiger partial charge is 0.457 e. The van der Waals surface area contributed by atoms with Crippen molar-refractivity contribution in [1.82, 2.24) is 10.2 Å². The minimum Gasteiger partial charge on any atom is -0.457 e. The molecule has 3 aromatic rings. The van der Waals surface area contributed by atoms with Crippen LogP contribution in [0.25, 0.3) is 0 Å². The second-order valence-corrected chi connectivity index (χ2v) is 8.77. The second-order valence-electron chi connectivity index (χ2n) is 7.44. The number of nitrogens with one attached hydrogen (secondary N) is 1. The highest BCUT2D eigenvalue weighted by Crippen LogP contribution is 2.32. The Morgan fingerprint density at radius 1 is 1.03 bits per heavy atom. The van der Waals surface area contributed by atoms with Crippen molar-refractivity contribution in [3.05, 3.63) is 99.4 Å². The van der Waals surface area contributed by atoms with Crippen LogP contribution in [0.15, 0.2) is 83.4 Å². The fourth-order valence-corrected chi connectivity index (χ4v) is 4.28. The number of thiophene rings is 1. The third-order valence-electron chi connectivity index (χ3n) is 5.33. The third-order valence-corrected chi connectivity index (χ3v) is 6.57. The molecule has 0 aliphatic carbocycles. The predicted octanol–water partition coefficient (Wildman–Crippen LogP) is 4.85. The summed E-state index contributed by atoms with van der Waals surface area (Å²) in [6, 6.07) is 19.6. The highest BCUT2D eigenvalue weighted by molar-refractivity contribution is 7.80. The van der Waals surface area contributed by atoms with Crippen LogP contribution in [-0.4, -0.2) is 29.0 Å². The quantitative estimate of drug-likeness (QED) is 0.309.